The summed E-state index contributed by atoms with van der Waals surface area (Å²) in [6.07, 6.45) is -1.06. The van der Waals surface area contributed by atoms with E-state index in [4.69, 9.17) is 9.47 Å². The van der Waals surface area contributed by atoms with Gasteiger partial charge in [-0.2, -0.15) is 0 Å². The number of hydrogen-bond donors (Lipinski definition) is 0. The Hall–Kier alpha value is -4.70. The monoisotopic (exact) mass is 498 g/mol. The van der Waals surface area contributed by atoms with Gasteiger partial charge in [-0.1, -0.05) is 54.6 Å². The normalized spacial score (nSPS) is 23.5. The molecule has 6 rings (SSSR count). The molecule has 0 N–H and O–H groups in total. The van der Waals surface area contributed by atoms with Gasteiger partial charge in [-0.25, -0.2) is 4.90 Å². The first-order valence-corrected chi connectivity index (χ1v) is 11.4. The van der Waals surface area contributed by atoms with Crippen molar-refractivity contribution in [3.05, 3.63) is 99.6 Å². The second-order valence-corrected chi connectivity index (χ2v) is 9.02. The number of methoxy groups -OCH3 is 1. The zero-order chi connectivity index (χ0) is 26.1. The van der Waals surface area contributed by atoms with Gasteiger partial charge in [-0.15, -0.1) is 0 Å². The molecule has 2 fully saturated rings. The highest BCUT2D eigenvalue weighted by Crippen LogP contribution is 2.58. The standard InChI is InChI=1S/C27H18N2O8/c1-36-19-13-15(29(34)35)11-12-18(19)28-25(32)20-21(26(28)33)27(37-22(20)14-7-3-2-4-8-14)23(30)16-9-5-6-10-17(16)24(27)31/h2-13,20-22H,1H3/t20-,21+,22+/m1/s1. The van der Waals surface area contributed by atoms with E-state index < -0.39 is 51.8 Å². The molecule has 1 spiro atoms. The number of non-ortho nitro benzene ring substituents is 1. The summed E-state index contributed by atoms with van der Waals surface area (Å²) in [5.74, 6) is -5.52. The first kappa shape index (κ1) is 22.7. The molecule has 3 aliphatic rings. The van der Waals surface area contributed by atoms with Gasteiger partial charge < -0.3 is 9.47 Å². The Labute approximate surface area is 209 Å². The molecule has 0 saturated carbocycles. The molecule has 3 aromatic carbocycles. The van der Waals surface area contributed by atoms with Crippen LogP contribution in [-0.2, 0) is 14.3 Å². The molecule has 0 unspecified atom stereocenters. The number of fused-ring (bicyclic) bond motifs is 3. The molecule has 0 radical (unpaired) electrons. The Morgan fingerprint density at radius 1 is 0.892 bits per heavy atom. The summed E-state index contributed by atoms with van der Waals surface area (Å²) in [4.78, 5) is 66.9. The van der Waals surface area contributed by atoms with Crippen LogP contribution in [-0.4, -0.2) is 41.0 Å². The van der Waals surface area contributed by atoms with Crippen LogP contribution < -0.4 is 9.64 Å². The summed E-state index contributed by atoms with van der Waals surface area (Å²) in [7, 11) is 1.26. The van der Waals surface area contributed by atoms with E-state index in [0.717, 1.165) is 17.0 Å². The Morgan fingerprint density at radius 2 is 1.51 bits per heavy atom. The SMILES string of the molecule is COc1cc([N+](=O)[O-])ccc1N1C(=O)[C@@H]2[C@@H](C1=O)C1(O[C@H]2c2ccccc2)C(=O)c2ccccc2C1=O. The number of carbonyl (C=O) groups is 4. The Morgan fingerprint density at radius 3 is 2.11 bits per heavy atom. The van der Waals surface area contributed by atoms with E-state index in [1.54, 1.807) is 42.5 Å². The first-order chi connectivity index (χ1) is 17.8. The molecule has 3 atom stereocenters. The number of Topliss-reactive ketones (excluding diaryl/α,β-unsaturated/α-hetero) is 2. The van der Waals surface area contributed by atoms with Crippen LogP contribution >= 0.6 is 0 Å². The Bertz CT molecular complexity index is 1500. The van der Waals surface area contributed by atoms with Crippen molar-refractivity contribution in [2.24, 2.45) is 11.8 Å². The third-order valence-electron chi connectivity index (χ3n) is 7.26. The molecular weight excluding hydrogens is 480 g/mol. The fraction of sp³-hybridized carbons (Fsp3) is 0.185. The maximum absolute atomic E-state index is 14.0. The van der Waals surface area contributed by atoms with E-state index in [1.165, 1.54) is 25.3 Å². The van der Waals surface area contributed by atoms with Crippen LogP contribution in [0.25, 0.3) is 0 Å². The highest BCUT2D eigenvalue weighted by molar-refractivity contribution is 6.37. The largest absolute Gasteiger partial charge is 0.494 e. The molecule has 1 aliphatic carbocycles. The van der Waals surface area contributed by atoms with Crippen molar-refractivity contribution in [2.45, 2.75) is 11.7 Å². The number of ether oxygens (including phenoxy) is 2. The van der Waals surface area contributed by atoms with Gasteiger partial charge >= 0.3 is 0 Å². The molecule has 10 nitrogen and oxygen atoms in total. The zero-order valence-electron chi connectivity index (χ0n) is 19.3. The highest BCUT2D eigenvalue weighted by atomic mass is 16.6. The van der Waals surface area contributed by atoms with Crippen LogP contribution in [0.5, 0.6) is 5.75 Å². The lowest BCUT2D eigenvalue weighted by molar-refractivity contribution is -0.384. The van der Waals surface area contributed by atoms with Gasteiger partial charge in [0.25, 0.3) is 5.69 Å². The summed E-state index contributed by atoms with van der Waals surface area (Å²) < 4.78 is 11.5. The molecule has 2 aliphatic heterocycles. The fourth-order valence-electron chi connectivity index (χ4n) is 5.66. The molecule has 0 aromatic heterocycles. The second kappa shape index (κ2) is 7.90. The van der Waals surface area contributed by atoms with E-state index in [-0.39, 0.29) is 28.3 Å². The molecule has 2 heterocycles. The van der Waals surface area contributed by atoms with Crippen molar-refractivity contribution >= 4 is 34.8 Å². The van der Waals surface area contributed by atoms with Crippen LogP contribution in [0.1, 0.15) is 32.4 Å². The summed E-state index contributed by atoms with van der Waals surface area (Å²) in [5, 5.41) is 11.3. The Kier molecular flexibility index (Phi) is 4.86. The average molecular weight is 498 g/mol. The van der Waals surface area contributed by atoms with Gasteiger partial charge in [0.05, 0.1) is 41.7 Å². The number of nitro groups is 1. The zero-order valence-corrected chi connectivity index (χ0v) is 19.3. The Balaban J connectivity index is 1.54. The number of nitro benzene ring substituents is 1. The van der Waals surface area contributed by atoms with E-state index in [2.05, 4.69) is 0 Å². The lowest BCUT2D eigenvalue weighted by atomic mass is 9.77. The lowest BCUT2D eigenvalue weighted by Crippen LogP contribution is -2.51. The number of ketones is 2. The van der Waals surface area contributed by atoms with Gasteiger partial charge in [0.2, 0.25) is 29.0 Å². The number of anilines is 1. The predicted octanol–water partition coefficient (Wildman–Crippen LogP) is 3.30. The molecule has 184 valence electrons. The van der Waals surface area contributed by atoms with Crippen molar-refractivity contribution in [1.82, 2.24) is 0 Å². The van der Waals surface area contributed by atoms with Crippen LogP contribution in [0.2, 0.25) is 0 Å². The summed E-state index contributed by atoms with van der Waals surface area (Å²) in [6.45, 7) is 0. The number of carbonyl (C=O) groups excluding carboxylic acids is 4. The number of amides is 2. The molecule has 2 amide bonds. The minimum absolute atomic E-state index is 0.0186. The number of imide groups is 1. The molecule has 37 heavy (non-hydrogen) atoms. The minimum Gasteiger partial charge on any atom is -0.494 e. The third kappa shape index (κ3) is 2.90. The van der Waals surface area contributed by atoms with Crippen molar-refractivity contribution < 1.29 is 33.6 Å². The van der Waals surface area contributed by atoms with E-state index in [9.17, 15) is 29.3 Å². The predicted molar refractivity (Wildman–Crippen MR) is 127 cm³/mol. The average Bonchev–Trinajstić information content (AvgIpc) is 3.48. The summed E-state index contributed by atoms with van der Waals surface area (Å²) >= 11 is 0. The van der Waals surface area contributed by atoms with Gasteiger partial charge in [0.1, 0.15) is 5.75 Å². The maximum atomic E-state index is 14.0. The number of rotatable bonds is 4. The number of hydrogen-bond acceptors (Lipinski definition) is 8. The van der Waals surface area contributed by atoms with Crippen LogP contribution in [0.15, 0.2) is 72.8 Å². The van der Waals surface area contributed by atoms with Gasteiger partial charge in [-0.3, -0.25) is 29.3 Å². The van der Waals surface area contributed by atoms with E-state index in [0.29, 0.717) is 5.56 Å². The van der Waals surface area contributed by atoms with Crippen LogP contribution in [0.3, 0.4) is 0 Å². The van der Waals surface area contributed by atoms with Crippen molar-refractivity contribution in [3.63, 3.8) is 0 Å². The van der Waals surface area contributed by atoms with E-state index >= 15 is 0 Å². The second-order valence-electron chi connectivity index (χ2n) is 9.02. The lowest BCUT2D eigenvalue weighted by Gasteiger charge is -2.27. The maximum Gasteiger partial charge on any atom is 0.273 e. The van der Waals surface area contributed by atoms with Crippen molar-refractivity contribution in [1.29, 1.82) is 0 Å². The van der Waals surface area contributed by atoms with Crippen molar-refractivity contribution in [3.8, 4) is 5.75 Å². The minimum atomic E-state index is -2.20. The molecule has 2 saturated heterocycles. The first-order valence-electron chi connectivity index (χ1n) is 11.4. The third-order valence-corrected chi connectivity index (χ3v) is 7.26. The van der Waals surface area contributed by atoms with Gasteiger partial charge in [-0.05, 0) is 11.6 Å². The summed E-state index contributed by atoms with van der Waals surface area (Å²) in [5.41, 5.74) is -1.72. The van der Waals surface area contributed by atoms with Crippen LogP contribution in [0.4, 0.5) is 11.4 Å². The fourth-order valence-corrected chi connectivity index (χ4v) is 5.66. The van der Waals surface area contributed by atoms with Crippen molar-refractivity contribution in [2.75, 3.05) is 12.0 Å². The van der Waals surface area contributed by atoms with E-state index in [1.807, 2.05) is 0 Å². The molecular formula is C27H18N2O8. The van der Waals surface area contributed by atoms with Gasteiger partial charge in [0.15, 0.2) is 0 Å². The topological polar surface area (TPSA) is 133 Å². The van der Waals surface area contributed by atoms with Gasteiger partial charge in [0, 0.05) is 17.2 Å². The highest BCUT2D eigenvalue weighted by Gasteiger charge is 2.74. The number of benzene rings is 3. The molecule has 3 aromatic rings. The summed E-state index contributed by atoms with van der Waals surface area (Å²) in [6, 6.07) is 18.3. The van der Waals surface area contributed by atoms with Crippen LogP contribution in [0, 0.1) is 22.0 Å². The number of nitrogens with zero attached hydrogens (tertiary/aromatic N) is 2. The molecule has 10 heteroatoms. The smallest absolute Gasteiger partial charge is 0.273 e. The quantitative estimate of drug-likeness (QED) is 0.232. The molecule has 0 bridgehead atoms.